The zero-order chi connectivity index (χ0) is 22.8. The first-order valence-corrected chi connectivity index (χ1v) is 9.82. The Labute approximate surface area is 181 Å². The number of hydrogen-bond acceptors (Lipinski definition) is 5. The molecule has 2 aromatic heterocycles. The first-order chi connectivity index (χ1) is 15.3. The number of aryl methyl sites for hydroxylation is 2. The predicted molar refractivity (Wildman–Crippen MR) is 115 cm³/mol. The number of hydrogen-bond donors (Lipinski definition) is 2. The van der Waals surface area contributed by atoms with Gasteiger partial charge in [-0.3, -0.25) is 4.79 Å². The van der Waals surface area contributed by atoms with E-state index in [0.717, 1.165) is 10.2 Å². The van der Waals surface area contributed by atoms with Crippen LogP contribution in [0.4, 0.5) is 20.4 Å². The highest BCUT2D eigenvalue weighted by Crippen LogP contribution is 2.18. The van der Waals surface area contributed by atoms with Crippen molar-refractivity contribution in [2.24, 2.45) is 0 Å². The fourth-order valence-electron chi connectivity index (χ4n) is 3.13. The second kappa shape index (κ2) is 8.58. The molecule has 0 atom stereocenters. The molecule has 4 aromatic rings. The van der Waals surface area contributed by atoms with E-state index in [1.54, 1.807) is 44.2 Å². The van der Waals surface area contributed by atoms with Crippen molar-refractivity contribution in [1.29, 1.82) is 0 Å². The van der Waals surface area contributed by atoms with Gasteiger partial charge in [-0.05, 0) is 49.2 Å². The van der Waals surface area contributed by atoms with E-state index in [4.69, 9.17) is 0 Å². The van der Waals surface area contributed by atoms with Crippen LogP contribution in [0, 0.1) is 25.5 Å². The number of rotatable bonds is 6. The summed E-state index contributed by atoms with van der Waals surface area (Å²) in [5, 5.41) is 9.83. The van der Waals surface area contributed by atoms with Crippen LogP contribution in [0.15, 0.2) is 53.3 Å². The van der Waals surface area contributed by atoms with E-state index in [0.29, 0.717) is 22.6 Å². The number of carbonyl (C=O) groups excluding carboxylic acids is 1. The maximum Gasteiger partial charge on any atom is 0.353 e. The minimum absolute atomic E-state index is 0.159. The molecule has 1 amide bonds. The normalized spacial score (nSPS) is 11.0. The minimum Gasteiger partial charge on any atom is -0.350 e. The van der Waals surface area contributed by atoms with Gasteiger partial charge < -0.3 is 10.6 Å². The fourth-order valence-corrected chi connectivity index (χ4v) is 3.13. The summed E-state index contributed by atoms with van der Waals surface area (Å²) in [6.45, 7) is 3.27. The molecule has 0 saturated heterocycles. The van der Waals surface area contributed by atoms with E-state index < -0.39 is 11.6 Å². The number of carbonyl (C=O) groups is 1. The van der Waals surface area contributed by atoms with Crippen LogP contribution in [0.25, 0.3) is 5.65 Å². The lowest BCUT2D eigenvalue weighted by Gasteiger charge is -2.08. The van der Waals surface area contributed by atoms with Gasteiger partial charge >= 0.3 is 5.69 Å². The van der Waals surface area contributed by atoms with Crippen LogP contribution in [0.2, 0.25) is 0 Å². The summed E-state index contributed by atoms with van der Waals surface area (Å²) in [5.74, 6) is -1.02. The van der Waals surface area contributed by atoms with Gasteiger partial charge in [0.25, 0.3) is 0 Å². The Morgan fingerprint density at radius 1 is 1.06 bits per heavy atom. The molecule has 0 unspecified atom stereocenters. The van der Waals surface area contributed by atoms with Gasteiger partial charge in [-0.1, -0.05) is 18.2 Å². The van der Waals surface area contributed by atoms with Crippen molar-refractivity contribution in [2.75, 3.05) is 5.32 Å². The van der Waals surface area contributed by atoms with Gasteiger partial charge in [0.1, 0.15) is 18.2 Å². The molecule has 0 bridgehead atoms. The number of benzene rings is 2. The summed E-state index contributed by atoms with van der Waals surface area (Å²) in [6.07, 6.45) is 0. The third-order valence-corrected chi connectivity index (χ3v) is 4.82. The Morgan fingerprint density at radius 2 is 1.81 bits per heavy atom. The van der Waals surface area contributed by atoms with Crippen LogP contribution < -0.4 is 16.3 Å². The molecule has 0 aliphatic carbocycles. The topological polar surface area (TPSA) is 93.3 Å². The highest BCUT2D eigenvalue weighted by molar-refractivity contribution is 5.75. The zero-order valence-electron chi connectivity index (χ0n) is 17.4. The zero-order valence-corrected chi connectivity index (χ0v) is 17.4. The average Bonchev–Trinajstić information content (AvgIpc) is 3.05. The Morgan fingerprint density at radius 3 is 2.53 bits per heavy atom. The Hall–Kier alpha value is -4.08. The van der Waals surface area contributed by atoms with E-state index in [-0.39, 0.29) is 30.7 Å². The maximum atomic E-state index is 13.9. The van der Waals surface area contributed by atoms with Gasteiger partial charge in [-0.15, -0.1) is 5.10 Å². The number of amides is 1. The highest BCUT2D eigenvalue weighted by Gasteiger charge is 2.15. The van der Waals surface area contributed by atoms with E-state index in [2.05, 4.69) is 20.7 Å². The van der Waals surface area contributed by atoms with E-state index >= 15 is 0 Å². The molecule has 2 heterocycles. The lowest BCUT2D eigenvalue weighted by atomic mass is 10.2. The number of nitrogens with zero attached hydrogens (tertiary/aromatic N) is 4. The molecule has 2 aromatic carbocycles. The summed E-state index contributed by atoms with van der Waals surface area (Å²) in [4.78, 5) is 29.6. The van der Waals surface area contributed by atoms with E-state index in [9.17, 15) is 18.4 Å². The van der Waals surface area contributed by atoms with Gasteiger partial charge in [-0.2, -0.15) is 0 Å². The van der Waals surface area contributed by atoms with Crippen molar-refractivity contribution >= 4 is 23.2 Å². The quantitative estimate of drug-likeness (QED) is 0.483. The molecular weight excluding hydrogens is 418 g/mol. The van der Waals surface area contributed by atoms with Crippen molar-refractivity contribution in [3.05, 3.63) is 87.5 Å². The van der Waals surface area contributed by atoms with Crippen LogP contribution in [0.3, 0.4) is 0 Å². The monoisotopic (exact) mass is 438 g/mol. The van der Waals surface area contributed by atoms with Crippen LogP contribution >= 0.6 is 0 Å². The molecule has 0 fully saturated rings. The van der Waals surface area contributed by atoms with Crippen molar-refractivity contribution in [1.82, 2.24) is 24.5 Å². The Balaban J connectivity index is 1.57. The SMILES string of the molecule is Cc1cc2nn(CC(=O)NCc3ccc(F)cc3)c(=O)n2c(Nc2ccc(C)c(F)c2)n1. The second-order valence-corrected chi connectivity index (χ2v) is 7.35. The van der Waals surface area contributed by atoms with Gasteiger partial charge in [-0.25, -0.2) is 27.6 Å². The van der Waals surface area contributed by atoms with Gasteiger partial charge in [0.2, 0.25) is 11.9 Å². The lowest BCUT2D eigenvalue weighted by Crippen LogP contribution is -2.32. The Bertz CT molecular complexity index is 1360. The predicted octanol–water partition coefficient (Wildman–Crippen LogP) is 2.85. The largest absolute Gasteiger partial charge is 0.353 e. The van der Waals surface area contributed by atoms with E-state index in [1.807, 2.05) is 0 Å². The molecule has 164 valence electrons. The smallest absolute Gasteiger partial charge is 0.350 e. The first kappa shape index (κ1) is 21.2. The van der Waals surface area contributed by atoms with Crippen molar-refractivity contribution in [2.45, 2.75) is 26.9 Å². The van der Waals surface area contributed by atoms with Crippen molar-refractivity contribution < 1.29 is 13.6 Å². The van der Waals surface area contributed by atoms with Gasteiger partial charge in [0.05, 0.1) is 0 Å². The number of halogens is 2. The molecule has 0 aliphatic heterocycles. The third-order valence-electron chi connectivity index (χ3n) is 4.82. The highest BCUT2D eigenvalue weighted by atomic mass is 19.1. The number of fused-ring (bicyclic) bond motifs is 1. The van der Waals surface area contributed by atoms with Crippen LogP contribution in [-0.2, 0) is 17.9 Å². The molecule has 0 radical (unpaired) electrons. The summed E-state index contributed by atoms with van der Waals surface area (Å²) in [7, 11) is 0. The summed E-state index contributed by atoms with van der Waals surface area (Å²) >= 11 is 0. The summed E-state index contributed by atoms with van der Waals surface area (Å²) in [6, 6.07) is 11.9. The minimum atomic E-state index is -0.570. The third kappa shape index (κ3) is 4.48. The Kier molecular flexibility index (Phi) is 5.67. The first-order valence-electron chi connectivity index (χ1n) is 9.82. The molecular formula is C22H20F2N6O2. The molecule has 10 heteroatoms. The van der Waals surface area contributed by atoms with E-state index in [1.165, 1.54) is 22.6 Å². The molecule has 8 nitrogen and oxygen atoms in total. The van der Waals surface area contributed by atoms with Gasteiger partial charge in [0, 0.05) is 24.0 Å². The van der Waals surface area contributed by atoms with Crippen molar-refractivity contribution in [3.8, 4) is 0 Å². The molecule has 32 heavy (non-hydrogen) atoms. The maximum absolute atomic E-state index is 13.9. The van der Waals surface area contributed by atoms with Crippen LogP contribution in [-0.4, -0.2) is 25.1 Å². The van der Waals surface area contributed by atoms with Crippen molar-refractivity contribution in [3.63, 3.8) is 0 Å². The summed E-state index contributed by atoms with van der Waals surface area (Å²) in [5.41, 5.74) is 1.95. The number of anilines is 2. The molecule has 2 N–H and O–H groups in total. The van der Waals surface area contributed by atoms with Crippen LogP contribution in [0.1, 0.15) is 16.8 Å². The molecule has 0 aliphatic rings. The molecule has 0 saturated carbocycles. The standard InChI is InChI=1S/C22H20F2N6O2/c1-13-3-8-17(10-18(13)24)27-21-26-14(2)9-19-28-29(22(32)30(19)21)12-20(31)25-11-15-4-6-16(23)7-5-15/h3-10H,11-12H2,1-2H3,(H,25,31)(H,26,27). The molecule has 0 spiro atoms. The molecule has 4 rings (SSSR count). The number of nitrogens with one attached hydrogen (secondary N) is 2. The number of aromatic nitrogens is 4. The fraction of sp³-hybridized carbons (Fsp3) is 0.182. The van der Waals surface area contributed by atoms with Gasteiger partial charge in [0.15, 0.2) is 5.65 Å². The second-order valence-electron chi connectivity index (χ2n) is 7.35. The van der Waals surface area contributed by atoms with Crippen LogP contribution in [0.5, 0.6) is 0 Å². The average molecular weight is 438 g/mol. The summed E-state index contributed by atoms with van der Waals surface area (Å²) < 4.78 is 29.1. The lowest BCUT2D eigenvalue weighted by molar-refractivity contribution is -0.122.